The van der Waals surface area contributed by atoms with Crippen molar-refractivity contribution in [2.45, 2.75) is 103 Å². The molecule has 0 amide bonds. The molecule has 2 aliphatic heterocycles. The van der Waals surface area contributed by atoms with E-state index >= 15 is 0 Å². The largest absolute Gasteiger partial charge is 0.393 e. The smallest absolute Gasteiger partial charge is 0.122 e. The molecular weight excluding hydrogens is 370 g/mol. The SMILES string of the molecule is C[C@@H]1CC[C@@]2(NC1)O[C@H]1C[C@H]3[C@@H]4CC=C5C[C@@H](O)CC[C@]5(C)[C@H]4CC[C@]3(C)[C@@H]1[C@@H]2C. The molecule has 3 saturated carbocycles. The summed E-state index contributed by atoms with van der Waals surface area (Å²) in [6.45, 7) is 11.2. The third kappa shape index (κ3) is 2.55. The van der Waals surface area contributed by atoms with E-state index in [4.69, 9.17) is 4.74 Å². The highest BCUT2D eigenvalue weighted by atomic mass is 16.5. The number of hydrogen-bond acceptors (Lipinski definition) is 3. The van der Waals surface area contributed by atoms with E-state index in [0.29, 0.717) is 22.9 Å². The highest BCUT2D eigenvalue weighted by Gasteiger charge is 2.68. The number of allylic oxidation sites excluding steroid dienone is 1. The second kappa shape index (κ2) is 6.58. The van der Waals surface area contributed by atoms with Crippen molar-refractivity contribution in [1.82, 2.24) is 5.32 Å². The van der Waals surface area contributed by atoms with Gasteiger partial charge in [-0.15, -0.1) is 0 Å². The first-order chi connectivity index (χ1) is 14.3. The number of aliphatic hydroxyl groups excluding tert-OH is 1. The first kappa shape index (κ1) is 20.2. The van der Waals surface area contributed by atoms with Crippen molar-refractivity contribution in [2.24, 2.45) is 46.3 Å². The second-order valence-corrected chi connectivity index (χ2v) is 12.8. The molecule has 6 aliphatic rings. The number of piperidine rings is 1. The maximum atomic E-state index is 10.3. The minimum atomic E-state index is -0.100. The number of hydrogen-bond donors (Lipinski definition) is 2. The standard InChI is InChI=1S/C27H43NO2/c1-16-7-12-27(28-15-16)17(2)24-23(30-27)14-22-20-6-5-18-13-19(29)8-10-25(18,3)21(20)9-11-26(22,24)4/h5,16-17,19-24,28-29H,6-15H2,1-4H3/t16-,17+,19+,20-,21+,22+,23+,24-,25+,26+,27-/m1/s1. The summed E-state index contributed by atoms with van der Waals surface area (Å²) in [5.74, 6) is 4.58. The molecule has 6 rings (SSSR count). The van der Waals surface area contributed by atoms with E-state index in [0.717, 1.165) is 49.0 Å². The quantitative estimate of drug-likeness (QED) is 0.530. The van der Waals surface area contributed by atoms with Gasteiger partial charge in [-0.25, -0.2) is 0 Å². The molecule has 0 aromatic heterocycles. The van der Waals surface area contributed by atoms with Gasteiger partial charge in [-0.05, 0) is 98.2 Å². The molecule has 3 nitrogen and oxygen atoms in total. The topological polar surface area (TPSA) is 41.5 Å². The van der Waals surface area contributed by atoms with Crippen LogP contribution in [-0.4, -0.2) is 29.6 Å². The minimum Gasteiger partial charge on any atom is -0.393 e. The van der Waals surface area contributed by atoms with Gasteiger partial charge in [0.05, 0.1) is 12.2 Å². The summed E-state index contributed by atoms with van der Waals surface area (Å²) in [6, 6.07) is 0. The van der Waals surface area contributed by atoms with Gasteiger partial charge in [0.1, 0.15) is 5.72 Å². The molecule has 0 aromatic carbocycles. The van der Waals surface area contributed by atoms with Crippen molar-refractivity contribution in [1.29, 1.82) is 0 Å². The Balaban J connectivity index is 1.28. The zero-order valence-electron chi connectivity index (χ0n) is 19.6. The monoisotopic (exact) mass is 413 g/mol. The fraction of sp³-hybridized carbons (Fsp3) is 0.926. The van der Waals surface area contributed by atoms with Crippen molar-refractivity contribution >= 4 is 0 Å². The number of nitrogens with one attached hydrogen (secondary N) is 1. The molecule has 0 unspecified atom stereocenters. The Labute approximate surface area is 183 Å². The van der Waals surface area contributed by atoms with Crippen molar-refractivity contribution in [2.75, 3.05) is 6.54 Å². The zero-order chi connectivity index (χ0) is 20.9. The summed E-state index contributed by atoms with van der Waals surface area (Å²) in [7, 11) is 0. The Hall–Kier alpha value is -0.380. The molecule has 168 valence electrons. The van der Waals surface area contributed by atoms with Crippen LogP contribution < -0.4 is 5.32 Å². The number of rotatable bonds is 0. The summed E-state index contributed by atoms with van der Waals surface area (Å²) >= 11 is 0. The fourth-order valence-corrected chi connectivity index (χ4v) is 9.84. The molecule has 4 aliphatic carbocycles. The van der Waals surface area contributed by atoms with Crippen molar-refractivity contribution in [3.05, 3.63) is 11.6 Å². The first-order valence-electron chi connectivity index (χ1n) is 13.1. The van der Waals surface area contributed by atoms with Crippen LogP contribution in [0.1, 0.15) is 85.5 Å². The van der Waals surface area contributed by atoms with Crippen LogP contribution in [0.15, 0.2) is 11.6 Å². The Morgan fingerprint density at radius 3 is 2.67 bits per heavy atom. The molecule has 5 fully saturated rings. The van der Waals surface area contributed by atoms with E-state index in [1.165, 1.54) is 44.9 Å². The summed E-state index contributed by atoms with van der Waals surface area (Å²) in [5, 5.41) is 14.1. The summed E-state index contributed by atoms with van der Waals surface area (Å²) in [5.41, 5.74) is 2.33. The molecule has 0 bridgehead atoms. The number of fused-ring (bicyclic) bond motifs is 7. The molecule has 3 heteroatoms. The predicted molar refractivity (Wildman–Crippen MR) is 120 cm³/mol. The Kier molecular flexibility index (Phi) is 4.44. The van der Waals surface area contributed by atoms with E-state index in [1.807, 2.05) is 0 Å². The lowest BCUT2D eigenvalue weighted by Crippen LogP contribution is -2.57. The van der Waals surface area contributed by atoms with Gasteiger partial charge in [-0.2, -0.15) is 0 Å². The third-order valence-electron chi connectivity index (χ3n) is 11.6. The van der Waals surface area contributed by atoms with E-state index < -0.39 is 0 Å². The lowest BCUT2D eigenvalue weighted by Gasteiger charge is -2.58. The van der Waals surface area contributed by atoms with Gasteiger partial charge in [-0.3, -0.25) is 5.32 Å². The average molecular weight is 414 g/mol. The van der Waals surface area contributed by atoms with Crippen LogP contribution in [0, 0.1) is 46.3 Å². The van der Waals surface area contributed by atoms with E-state index in [1.54, 1.807) is 5.57 Å². The molecule has 2 heterocycles. The predicted octanol–water partition coefficient (Wildman–Crippen LogP) is 5.29. The van der Waals surface area contributed by atoms with Crippen LogP contribution >= 0.6 is 0 Å². The summed E-state index contributed by atoms with van der Waals surface area (Å²) in [4.78, 5) is 0. The molecule has 0 radical (unpaired) electrons. The second-order valence-electron chi connectivity index (χ2n) is 12.8. The van der Waals surface area contributed by atoms with E-state index in [2.05, 4.69) is 39.1 Å². The van der Waals surface area contributed by atoms with Crippen LogP contribution in [-0.2, 0) is 4.74 Å². The zero-order valence-corrected chi connectivity index (χ0v) is 19.6. The molecule has 2 N–H and O–H groups in total. The van der Waals surface area contributed by atoms with Gasteiger partial charge < -0.3 is 9.84 Å². The molecule has 30 heavy (non-hydrogen) atoms. The van der Waals surface area contributed by atoms with Crippen LogP contribution in [0.5, 0.6) is 0 Å². The molecule has 0 aromatic rings. The van der Waals surface area contributed by atoms with Crippen LogP contribution in [0.25, 0.3) is 0 Å². The van der Waals surface area contributed by atoms with Crippen molar-refractivity contribution in [3.63, 3.8) is 0 Å². The average Bonchev–Trinajstić information content (AvgIpc) is 3.16. The Morgan fingerprint density at radius 1 is 1.07 bits per heavy atom. The summed E-state index contributed by atoms with van der Waals surface area (Å²) < 4.78 is 7.00. The van der Waals surface area contributed by atoms with Gasteiger partial charge >= 0.3 is 0 Å². The maximum absolute atomic E-state index is 10.3. The van der Waals surface area contributed by atoms with Crippen molar-refractivity contribution < 1.29 is 9.84 Å². The minimum absolute atomic E-state index is 0.0439. The van der Waals surface area contributed by atoms with E-state index in [-0.39, 0.29) is 11.8 Å². The molecule has 11 atom stereocenters. The molecule has 1 spiro atoms. The van der Waals surface area contributed by atoms with Gasteiger partial charge in [0.25, 0.3) is 0 Å². The highest BCUT2D eigenvalue weighted by Crippen LogP contribution is 2.70. The van der Waals surface area contributed by atoms with E-state index in [9.17, 15) is 5.11 Å². The van der Waals surface area contributed by atoms with Gasteiger partial charge in [0.2, 0.25) is 0 Å². The summed E-state index contributed by atoms with van der Waals surface area (Å²) in [6.07, 6.45) is 13.8. The van der Waals surface area contributed by atoms with Crippen LogP contribution in [0.4, 0.5) is 0 Å². The van der Waals surface area contributed by atoms with Gasteiger partial charge in [0, 0.05) is 12.5 Å². The lowest BCUT2D eigenvalue weighted by atomic mass is 9.47. The molecule has 2 saturated heterocycles. The van der Waals surface area contributed by atoms with Crippen LogP contribution in [0.3, 0.4) is 0 Å². The van der Waals surface area contributed by atoms with Gasteiger partial charge in [0.15, 0.2) is 0 Å². The van der Waals surface area contributed by atoms with Gasteiger partial charge in [-0.1, -0.05) is 39.3 Å². The Morgan fingerprint density at radius 2 is 1.90 bits per heavy atom. The van der Waals surface area contributed by atoms with Crippen LogP contribution in [0.2, 0.25) is 0 Å². The highest BCUT2D eigenvalue weighted by molar-refractivity contribution is 5.26. The third-order valence-corrected chi connectivity index (χ3v) is 11.6. The molecular formula is C27H43NO2. The number of ether oxygens (including phenoxy) is 1. The van der Waals surface area contributed by atoms with Crippen molar-refractivity contribution in [3.8, 4) is 0 Å². The number of aliphatic hydroxyl groups is 1. The Bertz CT molecular complexity index is 739. The maximum Gasteiger partial charge on any atom is 0.122 e. The fourth-order valence-electron chi connectivity index (χ4n) is 9.84. The first-order valence-corrected chi connectivity index (χ1v) is 13.1. The lowest BCUT2D eigenvalue weighted by molar-refractivity contribution is -0.115. The normalized spacial score (nSPS) is 59.8.